The molecule has 15 heavy (non-hydrogen) atoms. The Morgan fingerprint density at radius 3 is 2.73 bits per heavy atom. The summed E-state index contributed by atoms with van der Waals surface area (Å²) in [6, 6.07) is 0.783. The van der Waals surface area contributed by atoms with Gasteiger partial charge in [0.2, 0.25) is 0 Å². The number of hydrogen-bond acceptors (Lipinski definition) is 2. The van der Waals surface area contributed by atoms with Gasteiger partial charge in [0.15, 0.2) is 0 Å². The van der Waals surface area contributed by atoms with Crippen molar-refractivity contribution in [3.05, 3.63) is 0 Å². The molecule has 0 spiro atoms. The van der Waals surface area contributed by atoms with Crippen LogP contribution in [0.15, 0.2) is 0 Å². The van der Waals surface area contributed by atoms with Crippen LogP contribution in [0.1, 0.15) is 52.4 Å². The molecule has 1 saturated carbocycles. The molecule has 0 aromatic rings. The highest BCUT2D eigenvalue weighted by atomic mass is 16.5. The lowest BCUT2D eigenvalue weighted by Crippen LogP contribution is -2.39. The van der Waals surface area contributed by atoms with E-state index in [1.807, 2.05) is 0 Å². The summed E-state index contributed by atoms with van der Waals surface area (Å²) in [5.74, 6) is 0.922. The van der Waals surface area contributed by atoms with Crippen molar-refractivity contribution in [2.45, 2.75) is 58.4 Å². The van der Waals surface area contributed by atoms with Crippen molar-refractivity contribution in [2.24, 2.45) is 5.92 Å². The van der Waals surface area contributed by atoms with Gasteiger partial charge in [0.1, 0.15) is 0 Å². The van der Waals surface area contributed by atoms with Crippen LogP contribution in [0, 0.1) is 5.92 Å². The summed E-state index contributed by atoms with van der Waals surface area (Å²) in [6.45, 7) is 7.27. The third kappa shape index (κ3) is 4.98. The maximum Gasteiger partial charge on any atom is 0.0477 e. The average molecular weight is 213 g/mol. The van der Waals surface area contributed by atoms with Crippen LogP contribution >= 0.6 is 0 Å². The van der Waals surface area contributed by atoms with Crippen LogP contribution in [0.4, 0.5) is 0 Å². The molecule has 1 fully saturated rings. The van der Waals surface area contributed by atoms with E-state index < -0.39 is 0 Å². The Morgan fingerprint density at radius 1 is 1.20 bits per heavy atom. The number of hydrogen-bond donors (Lipinski definition) is 1. The topological polar surface area (TPSA) is 21.3 Å². The van der Waals surface area contributed by atoms with Crippen LogP contribution in [-0.4, -0.2) is 25.8 Å². The van der Waals surface area contributed by atoms with Gasteiger partial charge in [-0.1, -0.05) is 26.2 Å². The van der Waals surface area contributed by atoms with E-state index in [2.05, 4.69) is 19.2 Å². The monoisotopic (exact) mass is 213 g/mol. The molecule has 0 aromatic carbocycles. The highest BCUT2D eigenvalue weighted by Gasteiger charge is 2.22. The molecule has 2 nitrogen and oxygen atoms in total. The molecule has 2 atom stereocenters. The van der Waals surface area contributed by atoms with Crippen LogP contribution < -0.4 is 5.32 Å². The Kier molecular flexibility index (Phi) is 7.03. The standard InChI is InChI=1S/C13H27NO/c1-3-12-8-5-6-9-13(12)14-10-7-11-15-4-2/h12-14H,3-11H2,1-2H3/t12-,13+/m1/s1. The fourth-order valence-corrected chi connectivity index (χ4v) is 2.57. The van der Waals surface area contributed by atoms with Crippen molar-refractivity contribution in [1.82, 2.24) is 5.32 Å². The Bertz CT molecular complexity index is 149. The summed E-state index contributed by atoms with van der Waals surface area (Å²) in [4.78, 5) is 0. The van der Waals surface area contributed by atoms with E-state index in [-0.39, 0.29) is 0 Å². The molecule has 2 heteroatoms. The van der Waals surface area contributed by atoms with E-state index in [1.165, 1.54) is 32.1 Å². The third-order valence-corrected chi connectivity index (χ3v) is 3.51. The molecule has 1 aliphatic rings. The first-order valence-corrected chi connectivity index (χ1v) is 6.69. The Labute approximate surface area is 94.8 Å². The minimum absolute atomic E-state index is 0.783. The van der Waals surface area contributed by atoms with Gasteiger partial charge in [-0.15, -0.1) is 0 Å². The number of ether oxygens (including phenoxy) is 1. The second-order valence-electron chi connectivity index (χ2n) is 4.56. The quantitative estimate of drug-likeness (QED) is 0.656. The first-order valence-electron chi connectivity index (χ1n) is 6.69. The van der Waals surface area contributed by atoms with Gasteiger partial charge in [0, 0.05) is 19.3 Å². The normalized spacial score (nSPS) is 26.8. The molecule has 0 aromatic heterocycles. The summed E-state index contributed by atoms with van der Waals surface area (Å²) in [5, 5.41) is 3.70. The second kappa shape index (κ2) is 8.12. The van der Waals surface area contributed by atoms with Crippen molar-refractivity contribution in [3.63, 3.8) is 0 Å². The van der Waals surface area contributed by atoms with Gasteiger partial charge >= 0.3 is 0 Å². The molecule has 0 heterocycles. The summed E-state index contributed by atoms with van der Waals surface area (Å²) in [5.41, 5.74) is 0. The van der Waals surface area contributed by atoms with E-state index in [4.69, 9.17) is 4.74 Å². The van der Waals surface area contributed by atoms with Gasteiger partial charge in [0.25, 0.3) is 0 Å². The van der Waals surface area contributed by atoms with Gasteiger partial charge < -0.3 is 10.1 Å². The van der Waals surface area contributed by atoms with Crippen LogP contribution in [0.2, 0.25) is 0 Å². The Morgan fingerprint density at radius 2 is 2.00 bits per heavy atom. The molecule has 0 saturated heterocycles. The van der Waals surface area contributed by atoms with Crippen molar-refractivity contribution in [1.29, 1.82) is 0 Å². The maximum atomic E-state index is 5.34. The molecule has 0 aliphatic heterocycles. The van der Waals surface area contributed by atoms with E-state index in [0.717, 1.165) is 38.1 Å². The predicted molar refractivity (Wildman–Crippen MR) is 65.1 cm³/mol. The molecule has 0 amide bonds. The fraction of sp³-hybridized carbons (Fsp3) is 1.00. The minimum atomic E-state index is 0.783. The van der Waals surface area contributed by atoms with Crippen LogP contribution in [0.5, 0.6) is 0 Å². The summed E-state index contributed by atoms with van der Waals surface area (Å²) >= 11 is 0. The predicted octanol–water partition coefficient (Wildman–Crippen LogP) is 2.97. The largest absolute Gasteiger partial charge is 0.382 e. The first kappa shape index (κ1) is 13.0. The molecule has 0 bridgehead atoms. The molecule has 1 rings (SSSR count). The first-order chi connectivity index (χ1) is 7.38. The third-order valence-electron chi connectivity index (χ3n) is 3.51. The van der Waals surface area contributed by atoms with Gasteiger partial charge in [-0.3, -0.25) is 0 Å². The van der Waals surface area contributed by atoms with E-state index in [1.54, 1.807) is 0 Å². The van der Waals surface area contributed by atoms with Gasteiger partial charge in [-0.05, 0) is 38.6 Å². The Hall–Kier alpha value is -0.0800. The lowest BCUT2D eigenvalue weighted by Gasteiger charge is -2.31. The minimum Gasteiger partial charge on any atom is -0.382 e. The molecule has 0 radical (unpaired) electrons. The summed E-state index contributed by atoms with van der Waals surface area (Å²) in [6.07, 6.45) is 8.16. The molecular formula is C13H27NO. The summed E-state index contributed by atoms with van der Waals surface area (Å²) in [7, 11) is 0. The summed E-state index contributed by atoms with van der Waals surface area (Å²) < 4.78 is 5.34. The smallest absolute Gasteiger partial charge is 0.0477 e. The van der Waals surface area contributed by atoms with E-state index in [0.29, 0.717) is 0 Å². The number of rotatable bonds is 7. The van der Waals surface area contributed by atoms with E-state index in [9.17, 15) is 0 Å². The highest BCUT2D eigenvalue weighted by Crippen LogP contribution is 2.26. The zero-order chi connectivity index (χ0) is 10.9. The van der Waals surface area contributed by atoms with Crippen molar-refractivity contribution >= 4 is 0 Å². The molecule has 1 N–H and O–H groups in total. The van der Waals surface area contributed by atoms with Crippen molar-refractivity contribution in [3.8, 4) is 0 Å². The van der Waals surface area contributed by atoms with Crippen LogP contribution in [-0.2, 0) is 4.74 Å². The highest BCUT2D eigenvalue weighted by molar-refractivity contribution is 4.79. The molecule has 90 valence electrons. The number of nitrogens with one attached hydrogen (secondary N) is 1. The average Bonchev–Trinajstić information content (AvgIpc) is 2.29. The van der Waals surface area contributed by atoms with Crippen LogP contribution in [0.25, 0.3) is 0 Å². The van der Waals surface area contributed by atoms with Crippen LogP contribution in [0.3, 0.4) is 0 Å². The molecule has 0 unspecified atom stereocenters. The maximum absolute atomic E-state index is 5.34. The zero-order valence-electron chi connectivity index (χ0n) is 10.4. The zero-order valence-corrected chi connectivity index (χ0v) is 10.4. The fourth-order valence-electron chi connectivity index (χ4n) is 2.57. The molecular weight excluding hydrogens is 186 g/mol. The van der Waals surface area contributed by atoms with E-state index >= 15 is 0 Å². The lowest BCUT2D eigenvalue weighted by atomic mass is 9.83. The second-order valence-corrected chi connectivity index (χ2v) is 4.56. The van der Waals surface area contributed by atoms with Crippen molar-refractivity contribution < 1.29 is 4.74 Å². The van der Waals surface area contributed by atoms with Gasteiger partial charge in [-0.25, -0.2) is 0 Å². The lowest BCUT2D eigenvalue weighted by molar-refractivity contribution is 0.142. The SMILES string of the molecule is CCOCCCN[C@H]1CCCC[C@H]1CC. The van der Waals surface area contributed by atoms with Gasteiger partial charge in [-0.2, -0.15) is 0 Å². The van der Waals surface area contributed by atoms with Crippen molar-refractivity contribution in [2.75, 3.05) is 19.8 Å². The molecule has 1 aliphatic carbocycles. The van der Waals surface area contributed by atoms with Gasteiger partial charge in [0.05, 0.1) is 0 Å². The Balaban J connectivity index is 2.07.